The smallest absolute Gasteiger partial charge is 0.143 e. The lowest BCUT2D eigenvalue weighted by Gasteiger charge is -2.33. The lowest BCUT2D eigenvalue weighted by molar-refractivity contribution is 0.301. The lowest BCUT2D eigenvalue weighted by Crippen LogP contribution is -2.39. The molecule has 0 aliphatic carbocycles. The van der Waals surface area contributed by atoms with Gasteiger partial charge in [-0.15, -0.1) is 0 Å². The van der Waals surface area contributed by atoms with Gasteiger partial charge in [0, 0.05) is 12.0 Å². The summed E-state index contributed by atoms with van der Waals surface area (Å²) in [6.45, 7) is 4.05. The normalized spacial score (nSPS) is 23.5. The molecule has 0 aromatic heterocycles. The summed E-state index contributed by atoms with van der Waals surface area (Å²) in [7, 11) is 0. The first kappa shape index (κ1) is 15.5. The standard InChI is InChI=1S/C24H24N2O/c1-2-6-18-16(4-1)5-3-7-19(18)17-14-21-20-8-10-25-11-9-22(20)26-12-13-27-23(15-17)24(21)26/h1-7,14-15,20,22,25H,8-13H2. The second-order valence-electron chi connectivity index (χ2n) is 7.98. The van der Waals surface area contributed by atoms with Crippen LogP contribution in [-0.2, 0) is 0 Å². The Kier molecular flexibility index (Phi) is 3.45. The second-order valence-corrected chi connectivity index (χ2v) is 7.98. The maximum atomic E-state index is 6.17. The van der Waals surface area contributed by atoms with Gasteiger partial charge in [-0.25, -0.2) is 0 Å². The van der Waals surface area contributed by atoms with E-state index in [4.69, 9.17) is 4.74 Å². The molecule has 0 amide bonds. The molecule has 3 heterocycles. The summed E-state index contributed by atoms with van der Waals surface area (Å²) in [6.07, 6.45) is 2.44. The number of nitrogens with zero attached hydrogens (tertiary/aromatic N) is 1. The molecule has 3 aliphatic rings. The third-order valence-corrected chi connectivity index (χ3v) is 6.60. The van der Waals surface area contributed by atoms with E-state index in [1.54, 1.807) is 0 Å². The minimum atomic E-state index is 0.616. The van der Waals surface area contributed by atoms with Crippen LogP contribution >= 0.6 is 0 Å². The van der Waals surface area contributed by atoms with Crippen molar-refractivity contribution in [2.75, 3.05) is 31.1 Å². The predicted octanol–water partition coefficient (Wildman–Crippen LogP) is 4.55. The van der Waals surface area contributed by atoms with Gasteiger partial charge in [-0.3, -0.25) is 0 Å². The second kappa shape index (κ2) is 6.00. The summed E-state index contributed by atoms with van der Waals surface area (Å²) in [6, 6.07) is 20.6. The monoisotopic (exact) mass is 356 g/mol. The molecule has 0 bridgehead atoms. The van der Waals surface area contributed by atoms with Gasteiger partial charge in [-0.2, -0.15) is 0 Å². The van der Waals surface area contributed by atoms with E-state index in [9.17, 15) is 0 Å². The van der Waals surface area contributed by atoms with Crippen LogP contribution in [0.5, 0.6) is 5.75 Å². The van der Waals surface area contributed by atoms with Crippen LogP contribution in [0.25, 0.3) is 21.9 Å². The summed E-state index contributed by atoms with van der Waals surface area (Å²) >= 11 is 0. The van der Waals surface area contributed by atoms with Crippen LogP contribution in [0.4, 0.5) is 5.69 Å². The third-order valence-electron chi connectivity index (χ3n) is 6.60. The van der Waals surface area contributed by atoms with Crippen molar-refractivity contribution in [3.63, 3.8) is 0 Å². The van der Waals surface area contributed by atoms with Gasteiger partial charge in [-0.05, 0) is 65.5 Å². The van der Waals surface area contributed by atoms with Gasteiger partial charge < -0.3 is 15.0 Å². The molecule has 3 nitrogen and oxygen atoms in total. The highest BCUT2D eigenvalue weighted by atomic mass is 16.5. The van der Waals surface area contributed by atoms with Crippen molar-refractivity contribution in [3.8, 4) is 16.9 Å². The molecule has 1 fully saturated rings. The maximum Gasteiger partial charge on any atom is 0.143 e. The molecule has 6 rings (SSSR count). The van der Waals surface area contributed by atoms with E-state index in [1.165, 1.54) is 46.0 Å². The Bertz CT molecular complexity index is 1020. The Hall–Kier alpha value is -2.52. The van der Waals surface area contributed by atoms with E-state index in [0.29, 0.717) is 12.0 Å². The Morgan fingerprint density at radius 3 is 2.85 bits per heavy atom. The number of hydrogen-bond donors (Lipinski definition) is 1. The molecule has 2 atom stereocenters. The highest BCUT2D eigenvalue weighted by Crippen LogP contribution is 2.52. The van der Waals surface area contributed by atoms with Crippen LogP contribution in [0.3, 0.4) is 0 Å². The zero-order valence-corrected chi connectivity index (χ0v) is 15.4. The predicted molar refractivity (Wildman–Crippen MR) is 111 cm³/mol. The van der Waals surface area contributed by atoms with E-state index in [0.717, 1.165) is 32.0 Å². The van der Waals surface area contributed by atoms with E-state index < -0.39 is 0 Å². The molecule has 1 N–H and O–H groups in total. The van der Waals surface area contributed by atoms with Crippen molar-refractivity contribution in [1.29, 1.82) is 0 Å². The first-order valence-electron chi connectivity index (χ1n) is 10.2. The number of nitrogens with one attached hydrogen (secondary N) is 1. The van der Waals surface area contributed by atoms with Crippen molar-refractivity contribution < 1.29 is 4.74 Å². The number of ether oxygens (including phenoxy) is 1. The van der Waals surface area contributed by atoms with Gasteiger partial charge in [0.1, 0.15) is 12.4 Å². The van der Waals surface area contributed by atoms with Gasteiger partial charge in [0.2, 0.25) is 0 Å². The molecule has 0 radical (unpaired) electrons. The van der Waals surface area contributed by atoms with Crippen molar-refractivity contribution in [2.24, 2.45) is 0 Å². The average Bonchev–Trinajstić information content (AvgIpc) is 2.87. The fourth-order valence-corrected chi connectivity index (χ4v) is 5.42. The number of benzene rings is 3. The minimum Gasteiger partial charge on any atom is -0.490 e. The number of rotatable bonds is 1. The van der Waals surface area contributed by atoms with Gasteiger partial charge in [0.05, 0.1) is 12.2 Å². The molecule has 3 aliphatic heterocycles. The van der Waals surface area contributed by atoms with Crippen LogP contribution in [0, 0.1) is 0 Å². The van der Waals surface area contributed by atoms with Crippen LogP contribution < -0.4 is 15.0 Å². The minimum absolute atomic E-state index is 0.616. The summed E-state index contributed by atoms with van der Waals surface area (Å²) in [5, 5.41) is 6.21. The molecular weight excluding hydrogens is 332 g/mol. The Morgan fingerprint density at radius 2 is 1.85 bits per heavy atom. The fraction of sp³-hybridized carbons (Fsp3) is 0.333. The molecule has 136 valence electrons. The SMILES string of the molecule is c1ccc2c(-c3cc4c5c(c3)C3CCNCCC3N5CCO4)cccc2c1. The summed E-state index contributed by atoms with van der Waals surface area (Å²) in [4.78, 5) is 2.64. The van der Waals surface area contributed by atoms with Gasteiger partial charge >= 0.3 is 0 Å². The molecule has 2 unspecified atom stereocenters. The lowest BCUT2D eigenvalue weighted by atomic mass is 9.88. The van der Waals surface area contributed by atoms with Crippen LogP contribution in [0.15, 0.2) is 54.6 Å². The number of hydrogen-bond acceptors (Lipinski definition) is 3. The van der Waals surface area contributed by atoms with Crippen molar-refractivity contribution in [1.82, 2.24) is 5.32 Å². The highest BCUT2D eigenvalue weighted by molar-refractivity contribution is 5.97. The molecule has 3 heteroatoms. The maximum absolute atomic E-state index is 6.17. The zero-order chi connectivity index (χ0) is 17.8. The van der Waals surface area contributed by atoms with Crippen LogP contribution in [0.2, 0.25) is 0 Å². The van der Waals surface area contributed by atoms with E-state index in [-0.39, 0.29) is 0 Å². The number of fused-ring (bicyclic) bond motifs is 4. The molecule has 27 heavy (non-hydrogen) atoms. The van der Waals surface area contributed by atoms with Crippen molar-refractivity contribution in [2.45, 2.75) is 24.8 Å². The largest absolute Gasteiger partial charge is 0.490 e. The quantitative estimate of drug-likeness (QED) is 0.692. The Labute approximate surface area is 159 Å². The van der Waals surface area contributed by atoms with E-state index >= 15 is 0 Å². The van der Waals surface area contributed by atoms with Crippen molar-refractivity contribution in [3.05, 3.63) is 60.2 Å². The van der Waals surface area contributed by atoms with Crippen LogP contribution in [0.1, 0.15) is 24.3 Å². The topological polar surface area (TPSA) is 24.5 Å². The molecule has 0 spiro atoms. The van der Waals surface area contributed by atoms with Crippen molar-refractivity contribution >= 4 is 16.5 Å². The zero-order valence-electron chi connectivity index (χ0n) is 15.4. The molecule has 0 saturated carbocycles. The van der Waals surface area contributed by atoms with Crippen LogP contribution in [-0.4, -0.2) is 32.3 Å². The summed E-state index contributed by atoms with van der Waals surface area (Å²) < 4.78 is 6.17. The molecule has 3 aromatic carbocycles. The van der Waals surface area contributed by atoms with Gasteiger partial charge in [-0.1, -0.05) is 42.5 Å². The Morgan fingerprint density at radius 1 is 0.963 bits per heavy atom. The number of anilines is 1. The fourth-order valence-electron chi connectivity index (χ4n) is 5.42. The average molecular weight is 356 g/mol. The summed E-state index contributed by atoms with van der Waals surface area (Å²) in [5.41, 5.74) is 5.48. The third kappa shape index (κ3) is 2.31. The van der Waals surface area contributed by atoms with Gasteiger partial charge in [0.25, 0.3) is 0 Å². The molecule has 3 aromatic rings. The van der Waals surface area contributed by atoms with E-state index in [1.807, 2.05) is 0 Å². The first-order valence-corrected chi connectivity index (χ1v) is 10.2. The highest BCUT2D eigenvalue weighted by Gasteiger charge is 2.42. The Balaban J connectivity index is 1.56. The molecule has 1 saturated heterocycles. The van der Waals surface area contributed by atoms with E-state index in [2.05, 4.69) is 64.8 Å². The first-order chi connectivity index (χ1) is 13.4. The van der Waals surface area contributed by atoms with Gasteiger partial charge in [0.15, 0.2) is 0 Å². The summed E-state index contributed by atoms with van der Waals surface area (Å²) in [5.74, 6) is 1.70. The molecular formula is C24H24N2O.